The van der Waals surface area contributed by atoms with Crippen LogP contribution in [0.15, 0.2) is 42.7 Å². The Morgan fingerprint density at radius 3 is 2.35 bits per heavy atom. The SMILES string of the molecule is CCC(=O)c1cc(CCc2cnc(Nc3ccc(N4CCN(C)CC4)c(OC)c3)nc2)c(Cl)c(OC)c1. The van der Waals surface area contributed by atoms with Crippen LogP contribution in [0.4, 0.5) is 17.3 Å². The number of likely N-dealkylation sites (N-methyl/N-ethyl adjacent to an activating group) is 1. The molecular weight excluding hydrogens is 490 g/mol. The molecule has 1 N–H and O–H groups in total. The Bertz CT molecular complexity index is 1230. The Morgan fingerprint density at radius 1 is 1.00 bits per heavy atom. The summed E-state index contributed by atoms with van der Waals surface area (Å²) in [6.07, 6.45) is 5.35. The molecule has 0 spiro atoms. The van der Waals surface area contributed by atoms with Crippen molar-refractivity contribution >= 4 is 34.7 Å². The number of methoxy groups -OCH3 is 2. The van der Waals surface area contributed by atoms with Crippen LogP contribution in [0.2, 0.25) is 5.02 Å². The summed E-state index contributed by atoms with van der Waals surface area (Å²) in [4.78, 5) is 25.9. The molecule has 1 aliphatic heterocycles. The molecule has 0 amide bonds. The Labute approximate surface area is 223 Å². The molecule has 4 rings (SSSR count). The zero-order valence-electron chi connectivity index (χ0n) is 21.9. The minimum absolute atomic E-state index is 0.0585. The number of benzene rings is 2. The first-order valence-electron chi connectivity index (χ1n) is 12.5. The number of carbonyl (C=O) groups is 1. The second kappa shape index (κ2) is 12.3. The van der Waals surface area contributed by atoms with Gasteiger partial charge in [-0.05, 0) is 55.3 Å². The number of aromatic nitrogens is 2. The highest BCUT2D eigenvalue weighted by Crippen LogP contribution is 2.33. The van der Waals surface area contributed by atoms with E-state index in [0.717, 1.165) is 54.4 Å². The zero-order chi connectivity index (χ0) is 26.4. The van der Waals surface area contributed by atoms with Gasteiger partial charge >= 0.3 is 0 Å². The molecule has 0 atom stereocenters. The third-order valence-corrected chi connectivity index (χ3v) is 7.07. The molecule has 1 saturated heterocycles. The summed E-state index contributed by atoms with van der Waals surface area (Å²) in [5.41, 5.74) is 4.41. The molecule has 37 heavy (non-hydrogen) atoms. The van der Waals surface area contributed by atoms with Crippen molar-refractivity contribution < 1.29 is 14.3 Å². The third-order valence-electron chi connectivity index (χ3n) is 6.65. The standard InChI is InChI=1S/C28H34ClN5O3/c1-5-24(35)21-14-20(27(29)26(15-21)37-4)7-6-19-17-30-28(31-18-19)32-22-8-9-23(25(16-22)36-3)34-12-10-33(2)11-13-34/h8-9,14-18H,5-7,10-13H2,1-4H3,(H,30,31,32). The van der Waals surface area contributed by atoms with Gasteiger partial charge in [-0.15, -0.1) is 0 Å². The van der Waals surface area contributed by atoms with Crippen molar-refractivity contribution in [2.24, 2.45) is 0 Å². The van der Waals surface area contributed by atoms with Gasteiger partial charge in [-0.2, -0.15) is 0 Å². The van der Waals surface area contributed by atoms with Crippen molar-refractivity contribution in [2.75, 3.05) is 57.7 Å². The molecule has 1 aliphatic rings. The maximum absolute atomic E-state index is 12.2. The normalized spacial score (nSPS) is 13.9. The summed E-state index contributed by atoms with van der Waals surface area (Å²) in [7, 11) is 5.40. The van der Waals surface area contributed by atoms with E-state index in [4.69, 9.17) is 21.1 Å². The van der Waals surface area contributed by atoms with E-state index < -0.39 is 0 Å². The third kappa shape index (κ3) is 6.50. The number of nitrogens with one attached hydrogen (secondary N) is 1. The maximum atomic E-state index is 12.2. The first-order valence-corrected chi connectivity index (χ1v) is 12.9. The predicted octanol–water partition coefficient (Wildman–Crippen LogP) is 5.02. The van der Waals surface area contributed by atoms with Gasteiger partial charge in [0.25, 0.3) is 0 Å². The molecule has 0 unspecified atom stereocenters. The monoisotopic (exact) mass is 523 g/mol. The van der Waals surface area contributed by atoms with Crippen LogP contribution in [0.25, 0.3) is 0 Å². The predicted molar refractivity (Wildman–Crippen MR) is 148 cm³/mol. The Morgan fingerprint density at radius 2 is 1.70 bits per heavy atom. The van der Waals surface area contributed by atoms with Gasteiger partial charge < -0.3 is 24.6 Å². The highest BCUT2D eigenvalue weighted by molar-refractivity contribution is 6.33. The van der Waals surface area contributed by atoms with E-state index in [1.807, 2.05) is 25.1 Å². The van der Waals surface area contributed by atoms with Gasteiger partial charge in [0, 0.05) is 62.3 Å². The zero-order valence-corrected chi connectivity index (χ0v) is 22.6. The molecule has 9 heteroatoms. The first kappa shape index (κ1) is 26.7. The molecule has 196 valence electrons. The van der Waals surface area contributed by atoms with E-state index in [0.29, 0.717) is 41.5 Å². The van der Waals surface area contributed by atoms with Gasteiger partial charge in [-0.1, -0.05) is 18.5 Å². The van der Waals surface area contributed by atoms with Crippen LogP contribution in [-0.4, -0.2) is 68.1 Å². The highest BCUT2D eigenvalue weighted by Gasteiger charge is 2.18. The fourth-order valence-electron chi connectivity index (χ4n) is 4.37. The number of aryl methyl sites for hydroxylation is 2. The Kier molecular flexibility index (Phi) is 8.84. The van der Waals surface area contributed by atoms with Crippen LogP contribution in [-0.2, 0) is 12.8 Å². The second-order valence-corrected chi connectivity index (χ2v) is 9.52. The second-order valence-electron chi connectivity index (χ2n) is 9.15. The largest absolute Gasteiger partial charge is 0.495 e. The van der Waals surface area contributed by atoms with Gasteiger partial charge in [0.15, 0.2) is 5.78 Å². The van der Waals surface area contributed by atoms with Gasteiger partial charge in [-0.3, -0.25) is 4.79 Å². The summed E-state index contributed by atoms with van der Waals surface area (Å²) in [5.74, 6) is 1.90. The molecule has 0 radical (unpaired) electrons. The number of ketones is 1. The van der Waals surface area contributed by atoms with Gasteiger partial charge in [-0.25, -0.2) is 9.97 Å². The molecule has 2 heterocycles. The molecule has 8 nitrogen and oxygen atoms in total. The molecule has 0 bridgehead atoms. The topological polar surface area (TPSA) is 79.8 Å². The van der Waals surface area contributed by atoms with Crippen LogP contribution in [0.5, 0.6) is 11.5 Å². The van der Waals surface area contributed by atoms with Crippen LogP contribution in [0.3, 0.4) is 0 Å². The minimum Gasteiger partial charge on any atom is -0.495 e. The highest BCUT2D eigenvalue weighted by atomic mass is 35.5. The van der Waals surface area contributed by atoms with Crippen LogP contribution >= 0.6 is 11.6 Å². The van der Waals surface area contributed by atoms with Gasteiger partial charge in [0.05, 0.1) is 24.9 Å². The number of rotatable bonds is 10. The lowest BCUT2D eigenvalue weighted by atomic mass is 10.0. The minimum atomic E-state index is 0.0585. The average Bonchev–Trinajstić information content (AvgIpc) is 2.93. The molecule has 1 fully saturated rings. The fraction of sp³-hybridized carbons (Fsp3) is 0.393. The summed E-state index contributed by atoms with van der Waals surface area (Å²) >= 11 is 6.51. The average molecular weight is 524 g/mol. The molecule has 3 aromatic rings. The smallest absolute Gasteiger partial charge is 0.227 e. The number of anilines is 3. The molecule has 1 aromatic heterocycles. The van der Waals surface area contributed by atoms with E-state index in [9.17, 15) is 4.79 Å². The molecular formula is C28H34ClN5O3. The summed E-state index contributed by atoms with van der Waals surface area (Å²) in [6.45, 7) is 5.85. The number of nitrogens with zero attached hydrogens (tertiary/aromatic N) is 4. The number of halogens is 1. The van der Waals surface area contributed by atoms with Crippen molar-refractivity contribution in [3.8, 4) is 11.5 Å². The Hall–Kier alpha value is -3.36. The van der Waals surface area contributed by atoms with Gasteiger partial charge in [0.2, 0.25) is 5.95 Å². The van der Waals surface area contributed by atoms with Crippen molar-refractivity contribution in [1.82, 2.24) is 14.9 Å². The quantitative estimate of drug-likeness (QED) is 0.371. The number of carbonyl (C=O) groups excluding carboxylic acids is 1. The van der Waals surface area contributed by atoms with Crippen LogP contribution < -0.4 is 19.7 Å². The van der Waals surface area contributed by atoms with Gasteiger partial charge in [0.1, 0.15) is 11.5 Å². The first-order chi connectivity index (χ1) is 17.9. The van der Waals surface area contributed by atoms with E-state index >= 15 is 0 Å². The lowest BCUT2D eigenvalue weighted by Crippen LogP contribution is -2.44. The molecule has 0 aliphatic carbocycles. The number of ether oxygens (including phenoxy) is 2. The number of hydrogen-bond donors (Lipinski definition) is 1. The summed E-state index contributed by atoms with van der Waals surface area (Å²) in [6, 6.07) is 9.63. The van der Waals surface area contributed by atoms with Crippen molar-refractivity contribution in [3.63, 3.8) is 0 Å². The van der Waals surface area contributed by atoms with Crippen LogP contribution in [0.1, 0.15) is 34.8 Å². The number of Topliss-reactive ketones (excluding diaryl/α,β-unsaturated/α-hetero) is 1. The van der Waals surface area contributed by atoms with Crippen molar-refractivity contribution in [1.29, 1.82) is 0 Å². The van der Waals surface area contributed by atoms with Crippen molar-refractivity contribution in [3.05, 3.63) is 64.4 Å². The molecule has 2 aromatic carbocycles. The van der Waals surface area contributed by atoms with E-state index in [1.165, 1.54) is 0 Å². The Balaban J connectivity index is 1.41. The lowest BCUT2D eigenvalue weighted by molar-refractivity contribution is 0.0987. The maximum Gasteiger partial charge on any atom is 0.227 e. The fourth-order valence-corrected chi connectivity index (χ4v) is 4.65. The van der Waals surface area contributed by atoms with E-state index in [1.54, 1.807) is 32.7 Å². The number of hydrogen-bond acceptors (Lipinski definition) is 8. The van der Waals surface area contributed by atoms with E-state index in [2.05, 4.69) is 38.2 Å². The summed E-state index contributed by atoms with van der Waals surface area (Å²) in [5, 5.41) is 3.79. The number of piperazine rings is 1. The van der Waals surface area contributed by atoms with Crippen molar-refractivity contribution in [2.45, 2.75) is 26.2 Å². The summed E-state index contributed by atoms with van der Waals surface area (Å²) < 4.78 is 11.1. The van der Waals surface area contributed by atoms with E-state index in [-0.39, 0.29) is 5.78 Å². The van der Waals surface area contributed by atoms with Crippen LogP contribution in [0, 0.1) is 0 Å². The molecule has 0 saturated carbocycles. The lowest BCUT2D eigenvalue weighted by Gasteiger charge is -2.34.